The molecule has 278 valence electrons. The van der Waals surface area contributed by atoms with Crippen LogP contribution in [-0.4, -0.2) is 160 Å². The first-order chi connectivity index (χ1) is 23.3. The van der Waals surface area contributed by atoms with Gasteiger partial charge in [-0.05, 0) is 18.9 Å². The molecule has 1 aromatic carbocycles. The van der Waals surface area contributed by atoms with E-state index in [1.54, 1.807) is 0 Å². The van der Waals surface area contributed by atoms with Crippen LogP contribution >= 0.6 is 0 Å². The van der Waals surface area contributed by atoms with Crippen molar-refractivity contribution in [3.05, 3.63) is 35.9 Å². The third-order valence-electron chi connectivity index (χ3n) is 9.39. The lowest BCUT2D eigenvalue weighted by atomic mass is 9.84. The maximum Gasteiger partial charge on any atom is 0.187 e. The highest BCUT2D eigenvalue weighted by molar-refractivity contribution is 5.64. The second-order valence-electron chi connectivity index (χ2n) is 12.9. The van der Waals surface area contributed by atoms with E-state index in [0.717, 1.165) is 5.56 Å². The number of hydrogen-bond donors (Lipinski definition) is 11. The molecule has 3 heterocycles. The second kappa shape index (κ2) is 16.6. The van der Waals surface area contributed by atoms with Gasteiger partial charge in [-0.3, -0.25) is 0 Å². The van der Waals surface area contributed by atoms with Crippen molar-refractivity contribution in [2.75, 3.05) is 6.54 Å². The summed E-state index contributed by atoms with van der Waals surface area (Å²) in [6, 6.07) is 5.10. The van der Waals surface area contributed by atoms with Gasteiger partial charge in [-0.25, -0.2) is 0 Å². The molecule has 19 heteroatoms. The lowest BCUT2D eigenvalue weighted by molar-refractivity contribution is -0.305. The van der Waals surface area contributed by atoms with Gasteiger partial charge in [-0.2, -0.15) is 0 Å². The van der Waals surface area contributed by atoms with E-state index in [4.69, 9.17) is 61.9 Å². The summed E-state index contributed by atoms with van der Waals surface area (Å²) in [6.07, 6.45) is -18.1. The number of hydrogen-bond acceptors (Lipinski definition) is 19. The van der Waals surface area contributed by atoms with Crippen LogP contribution in [0.2, 0.25) is 0 Å². The predicted molar refractivity (Wildman–Crippen MR) is 168 cm³/mol. The topological polar surface area (TPSA) is 328 Å². The minimum absolute atomic E-state index is 0.107. The second-order valence-corrected chi connectivity index (χ2v) is 12.9. The largest absolute Gasteiger partial charge is 0.391 e. The molecule has 0 bridgehead atoms. The molecule has 1 aromatic rings. The van der Waals surface area contributed by atoms with Crippen molar-refractivity contribution in [2.45, 2.75) is 136 Å². The van der Waals surface area contributed by atoms with Crippen molar-refractivity contribution in [1.29, 1.82) is 0 Å². The van der Waals surface area contributed by atoms with Gasteiger partial charge in [-0.15, -0.1) is 0 Å². The summed E-state index contributed by atoms with van der Waals surface area (Å²) in [7, 11) is 0. The minimum atomic E-state index is -1.60. The fourth-order valence-corrected chi connectivity index (χ4v) is 6.35. The monoisotopic (exact) mass is 702 g/mol. The van der Waals surface area contributed by atoms with Gasteiger partial charge in [0, 0.05) is 18.6 Å². The van der Waals surface area contributed by atoms with Crippen LogP contribution in [0.1, 0.15) is 18.9 Å². The standard InChI is InChI=1S/C30H50N6O13/c1-11-19(37)22(40)17(34)28(44-11)47-25-14(33)7-13(32)20(38)27(25)49-30-24(42)26(48-29-18(35)23(41)21(39)15(8-31)45-29)16(46-30)9-36-43-10-12-5-3-2-4-6-12/h2-6,9,11,13-30,37-42H,7-8,10,31-35H2,1H3/b36-9+/t11-,13-,14+,15+,16-,17-,18-,19-,20+,21-,22-,23-,24-,25-,26-,27-,28-,29-,30+/m1/s1. The van der Waals surface area contributed by atoms with Crippen molar-refractivity contribution in [3.63, 3.8) is 0 Å². The molecular formula is C30H50N6O13. The average molecular weight is 703 g/mol. The first-order valence-electron chi connectivity index (χ1n) is 16.2. The van der Waals surface area contributed by atoms with Crippen molar-refractivity contribution in [3.8, 4) is 0 Å². The summed E-state index contributed by atoms with van der Waals surface area (Å²) in [6.45, 7) is 1.49. The van der Waals surface area contributed by atoms with Crippen LogP contribution in [0.3, 0.4) is 0 Å². The molecule has 19 atom stereocenters. The van der Waals surface area contributed by atoms with Gasteiger partial charge in [0.15, 0.2) is 18.9 Å². The van der Waals surface area contributed by atoms with Crippen LogP contribution in [0.4, 0.5) is 0 Å². The smallest absolute Gasteiger partial charge is 0.187 e. The third-order valence-corrected chi connectivity index (χ3v) is 9.39. The maximum absolute atomic E-state index is 11.5. The van der Waals surface area contributed by atoms with E-state index < -0.39 is 116 Å². The number of nitrogens with zero attached hydrogens (tertiary/aromatic N) is 1. The SMILES string of the molecule is C[C@H]1O[C@H](O[C@H]2[C@H](O[C@@H]3O[C@H](/C=N/OCc4ccccc4)[C@@H](O[C@H]4O[C@@H](CN)[C@@H](O)[C@H](O)[C@H]4N)[C@H]3O)[C@@H](O)[C@H](N)C[C@@H]2N)[C@H](N)[C@@H](O)[C@@H]1O. The number of aliphatic hydroxyl groups excluding tert-OH is 6. The molecule has 4 aliphatic rings. The van der Waals surface area contributed by atoms with E-state index in [2.05, 4.69) is 5.16 Å². The van der Waals surface area contributed by atoms with Crippen LogP contribution in [-0.2, 0) is 39.9 Å². The van der Waals surface area contributed by atoms with E-state index >= 15 is 0 Å². The van der Waals surface area contributed by atoms with E-state index in [-0.39, 0.29) is 19.6 Å². The molecule has 5 rings (SSSR count). The first kappa shape index (κ1) is 38.2. The molecule has 0 unspecified atom stereocenters. The quantitative estimate of drug-likeness (QED) is 0.0756. The van der Waals surface area contributed by atoms with Crippen molar-refractivity contribution < 1.29 is 63.9 Å². The van der Waals surface area contributed by atoms with Gasteiger partial charge in [0.25, 0.3) is 0 Å². The third kappa shape index (κ3) is 8.40. The Labute approximate surface area is 282 Å². The molecule has 0 amide bonds. The van der Waals surface area contributed by atoms with Crippen LogP contribution in [0.5, 0.6) is 0 Å². The molecule has 49 heavy (non-hydrogen) atoms. The summed E-state index contributed by atoms with van der Waals surface area (Å²) in [5.41, 5.74) is 31.4. The molecule has 1 aliphatic carbocycles. The van der Waals surface area contributed by atoms with Gasteiger partial charge in [0.1, 0.15) is 67.6 Å². The molecule has 1 saturated carbocycles. The minimum Gasteiger partial charge on any atom is -0.391 e. The van der Waals surface area contributed by atoms with Gasteiger partial charge in [0.2, 0.25) is 0 Å². The lowest BCUT2D eigenvalue weighted by Crippen LogP contribution is -2.67. The number of rotatable bonds is 11. The molecular weight excluding hydrogens is 652 g/mol. The molecule has 16 N–H and O–H groups in total. The zero-order valence-corrected chi connectivity index (χ0v) is 26.9. The summed E-state index contributed by atoms with van der Waals surface area (Å²) in [5.74, 6) is 0. The van der Waals surface area contributed by atoms with Gasteiger partial charge < -0.3 is 92.6 Å². The molecule has 0 aromatic heterocycles. The summed E-state index contributed by atoms with van der Waals surface area (Å²) < 4.78 is 35.7. The fourth-order valence-electron chi connectivity index (χ4n) is 6.35. The zero-order chi connectivity index (χ0) is 35.6. The van der Waals surface area contributed by atoms with Gasteiger partial charge in [-0.1, -0.05) is 35.5 Å². The van der Waals surface area contributed by atoms with Gasteiger partial charge >= 0.3 is 0 Å². The molecule has 0 spiro atoms. The molecule has 4 fully saturated rings. The van der Waals surface area contributed by atoms with Crippen molar-refractivity contribution in [1.82, 2.24) is 0 Å². The van der Waals surface area contributed by atoms with E-state index in [9.17, 15) is 30.6 Å². The van der Waals surface area contributed by atoms with E-state index in [1.165, 1.54) is 13.1 Å². The molecule has 3 aliphatic heterocycles. The Morgan fingerprint density at radius 3 is 2.00 bits per heavy atom. The van der Waals surface area contributed by atoms with Crippen LogP contribution < -0.4 is 28.7 Å². The number of oxime groups is 1. The van der Waals surface area contributed by atoms with Crippen molar-refractivity contribution >= 4 is 6.21 Å². The normalized spacial score (nSPS) is 47.8. The Morgan fingerprint density at radius 2 is 1.33 bits per heavy atom. The summed E-state index contributed by atoms with van der Waals surface area (Å²) in [5, 5.41) is 68.1. The highest BCUT2D eigenvalue weighted by Crippen LogP contribution is 2.34. The van der Waals surface area contributed by atoms with E-state index in [1.807, 2.05) is 30.3 Å². The molecule has 19 nitrogen and oxygen atoms in total. The highest BCUT2D eigenvalue weighted by Gasteiger charge is 2.54. The lowest BCUT2D eigenvalue weighted by Gasteiger charge is -2.47. The highest BCUT2D eigenvalue weighted by atomic mass is 16.8. The predicted octanol–water partition coefficient (Wildman–Crippen LogP) is -5.62. The first-order valence-corrected chi connectivity index (χ1v) is 16.2. The summed E-state index contributed by atoms with van der Waals surface area (Å²) >= 11 is 0. The Morgan fingerprint density at radius 1 is 0.714 bits per heavy atom. The number of aliphatic hydroxyl groups is 6. The summed E-state index contributed by atoms with van der Waals surface area (Å²) in [4.78, 5) is 5.42. The van der Waals surface area contributed by atoms with Crippen LogP contribution in [0.25, 0.3) is 0 Å². The Bertz CT molecular complexity index is 1210. The van der Waals surface area contributed by atoms with Crippen LogP contribution in [0, 0.1) is 0 Å². The Kier molecular flexibility index (Phi) is 12.9. The molecule has 0 radical (unpaired) electrons. The van der Waals surface area contributed by atoms with E-state index in [0.29, 0.717) is 0 Å². The van der Waals surface area contributed by atoms with Crippen molar-refractivity contribution in [2.24, 2.45) is 33.8 Å². The average Bonchev–Trinajstić information content (AvgIpc) is 3.38. The fraction of sp³-hybridized carbons (Fsp3) is 0.767. The zero-order valence-electron chi connectivity index (χ0n) is 26.9. The van der Waals surface area contributed by atoms with Gasteiger partial charge in [0.05, 0.1) is 30.5 Å². The Hall–Kier alpha value is -1.99. The Balaban J connectivity index is 1.35. The van der Waals surface area contributed by atoms with Crippen LogP contribution in [0.15, 0.2) is 35.5 Å². The molecule has 3 saturated heterocycles. The number of nitrogens with two attached hydrogens (primary N) is 5. The number of benzene rings is 1. The maximum atomic E-state index is 11.5. The number of ether oxygens (including phenoxy) is 6.